The SMILES string of the molecule is CC(C)(C)c1ccc2c(c1)CN(CCCC(=O)O)CC2. The summed E-state index contributed by atoms with van der Waals surface area (Å²) in [5, 5.41) is 8.71. The van der Waals surface area contributed by atoms with Crippen LogP contribution in [0, 0.1) is 0 Å². The number of fused-ring (bicyclic) bond motifs is 1. The Morgan fingerprint density at radius 2 is 2.05 bits per heavy atom. The smallest absolute Gasteiger partial charge is 0.303 e. The maximum absolute atomic E-state index is 10.6. The molecule has 110 valence electrons. The van der Waals surface area contributed by atoms with Crippen LogP contribution in [0.25, 0.3) is 0 Å². The Bertz CT molecular complexity index is 488. The van der Waals surface area contributed by atoms with Crippen LogP contribution >= 0.6 is 0 Å². The van der Waals surface area contributed by atoms with Gasteiger partial charge in [0.2, 0.25) is 0 Å². The standard InChI is InChI=1S/C17H25NO2/c1-17(2,3)15-7-6-13-8-10-18(12-14(13)11-15)9-4-5-16(19)20/h6-7,11H,4-5,8-10,12H2,1-3H3,(H,19,20). The average molecular weight is 275 g/mol. The second kappa shape index (κ2) is 5.96. The van der Waals surface area contributed by atoms with Crippen molar-refractivity contribution in [3.63, 3.8) is 0 Å². The van der Waals surface area contributed by atoms with Crippen LogP contribution in [0.4, 0.5) is 0 Å². The highest BCUT2D eigenvalue weighted by Crippen LogP contribution is 2.27. The molecule has 0 saturated carbocycles. The minimum atomic E-state index is -0.697. The van der Waals surface area contributed by atoms with E-state index < -0.39 is 5.97 Å². The van der Waals surface area contributed by atoms with Crippen molar-refractivity contribution in [1.82, 2.24) is 4.90 Å². The normalized spacial score (nSPS) is 15.9. The van der Waals surface area contributed by atoms with Gasteiger partial charge in [0, 0.05) is 19.5 Å². The van der Waals surface area contributed by atoms with E-state index in [0.29, 0.717) is 0 Å². The molecule has 3 heteroatoms. The Morgan fingerprint density at radius 1 is 1.30 bits per heavy atom. The van der Waals surface area contributed by atoms with Crippen molar-refractivity contribution in [2.45, 2.75) is 52.0 Å². The molecule has 0 amide bonds. The second-order valence-corrected chi connectivity index (χ2v) is 6.76. The van der Waals surface area contributed by atoms with Gasteiger partial charge in [-0.15, -0.1) is 0 Å². The molecule has 0 aliphatic carbocycles. The van der Waals surface area contributed by atoms with Gasteiger partial charge in [-0.3, -0.25) is 9.69 Å². The number of aliphatic carboxylic acids is 1. The summed E-state index contributed by atoms with van der Waals surface area (Å²) in [6.07, 6.45) is 2.09. The first-order valence-corrected chi connectivity index (χ1v) is 7.43. The fraction of sp³-hybridized carbons (Fsp3) is 0.588. The van der Waals surface area contributed by atoms with Gasteiger partial charge in [-0.2, -0.15) is 0 Å². The van der Waals surface area contributed by atoms with Crippen LogP contribution in [0.3, 0.4) is 0 Å². The Labute approximate surface area is 121 Å². The number of benzene rings is 1. The van der Waals surface area contributed by atoms with E-state index in [2.05, 4.69) is 43.9 Å². The topological polar surface area (TPSA) is 40.5 Å². The van der Waals surface area contributed by atoms with Gasteiger partial charge in [0.15, 0.2) is 0 Å². The zero-order valence-corrected chi connectivity index (χ0v) is 12.8. The number of carbonyl (C=O) groups is 1. The number of rotatable bonds is 4. The van der Waals surface area contributed by atoms with Gasteiger partial charge in [0.1, 0.15) is 0 Å². The van der Waals surface area contributed by atoms with Gasteiger partial charge >= 0.3 is 5.97 Å². The van der Waals surface area contributed by atoms with Crippen molar-refractivity contribution >= 4 is 5.97 Å². The van der Waals surface area contributed by atoms with Crippen molar-refractivity contribution in [2.24, 2.45) is 0 Å². The lowest BCUT2D eigenvalue weighted by Crippen LogP contribution is -2.32. The van der Waals surface area contributed by atoms with E-state index in [9.17, 15) is 4.79 Å². The van der Waals surface area contributed by atoms with Crippen LogP contribution in [0.2, 0.25) is 0 Å². The molecule has 3 nitrogen and oxygen atoms in total. The Hall–Kier alpha value is -1.35. The fourth-order valence-corrected chi connectivity index (χ4v) is 2.73. The first kappa shape index (κ1) is 15.0. The van der Waals surface area contributed by atoms with Crippen molar-refractivity contribution in [2.75, 3.05) is 13.1 Å². The van der Waals surface area contributed by atoms with Gasteiger partial charge in [-0.25, -0.2) is 0 Å². The molecule has 0 saturated heterocycles. The Balaban J connectivity index is 2.02. The minimum absolute atomic E-state index is 0.181. The summed E-state index contributed by atoms with van der Waals surface area (Å²) in [5.74, 6) is -0.697. The minimum Gasteiger partial charge on any atom is -0.481 e. The summed E-state index contributed by atoms with van der Waals surface area (Å²) in [6.45, 7) is 9.60. The van der Waals surface area contributed by atoms with Crippen molar-refractivity contribution in [3.8, 4) is 0 Å². The molecule has 0 bridgehead atoms. The van der Waals surface area contributed by atoms with Gasteiger partial charge in [-0.05, 0) is 41.5 Å². The van der Waals surface area contributed by atoms with Crippen molar-refractivity contribution in [3.05, 3.63) is 34.9 Å². The Morgan fingerprint density at radius 3 is 2.70 bits per heavy atom. The molecule has 1 aromatic carbocycles. The summed E-state index contributed by atoms with van der Waals surface area (Å²) in [4.78, 5) is 12.9. The van der Waals surface area contributed by atoms with Crippen LogP contribution in [-0.2, 0) is 23.2 Å². The molecule has 0 aromatic heterocycles. The molecule has 20 heavy (non-hydrogen) atoms. The first-order chi connectivity index (χ1) is 9.36. The molecule has 0 radical (unpaired) electrons. The molecule has 1 aliphatic rings. The molecule has 0 fully saturated rings. The second-order valence-electron chi connectivity index (χ2n) is 6.76. The quantitative estimate of drug-likeness (QED) is 0.917. The molecule has 1 aromatic rings. The Kier molecular flexibility index (Phi) is 4.48. The van der Waals surface area contributed by atoms with E-state index in [1.807, 2.05) is 0 Å². The maximum atomic E-state index is 10.6. The molecule has 0 unspecified atom stereocenters. The van der Waals surface area contributed by atoms with Gasteiger partial charge in [0.25, 0.3) is 0 Å². The van der Waals surface area contributed by atoms with E-state index in [4.69, 9.17) is 5.11 Å². The predicted molar refractivity (Wildman–Crippen MR) is 81.0 cm³/mol. The van der Waals surface area contributed by atoms with E-state index in [-0.39, 0.29) is 11.8 Å². The summed E-state index contributed by atoms with van der Waals surface area (Å²) in [5.41, 5.74) is 4.43. The average Bonchev–Trinajstić information content (AvgIpc) is 2.36. The van der Waals surface area contributed by atoms with Gasteiger partial charge in [-0.1, -0.05) is 39.0 Å². The van der Waals surface area contributed by atoms with Crippen LogP contribution in [0.5, 0.6) is 0 Å². The molecular weight excluding hydrogens is 250 g/mol. The first-order valence-electron chi connectivity index (χ1n) is 7.43. The largest absolute Gasteiger partial charge is 0.481 e. The van der Waals surface area contributed by atoms with Crippen LogP contribution in [0.15, 0.2) is 18.2 Å². The monoisotopic (exact) mass is 275 g/mol. The van der Waals surface area contributed by atoms with E-state index in [1.54, 1.807) is 0 Å². The van der Waals surface area contributed by atoms with Gasteiger partial charge < -0.3 is 5.11 Å². The molecule has 1 N–H and O–H groups in total. The summed E-state index contributed by atoms with van der Waals surface area (Å²) >= 11 is 0. The highest BCUT2D eigenvalue weighted by atomic mass is 16.4. The number of carboxylic acid groups (broad SMARTS) is 1. The fourth-order valence-electron chi connectivity index (χ4n) is 2.73. The maximum Gasteiger partial charge on any atom is 0.303 e. The number of hydrogen-bond donors (Lipinski definition) is 1. The van der Waals surface area contributed by atoms with Crippen LogP contribution < -0.4 is 0 Å². The zero-order chi connectivity index (χ0) is 14.8. The highest BCUT2D eigenvalue weighted by molar-refractivity contribution is 5.66. The third kappa shape index (κ3) is 3.83. The third-order valence-corrected chi connectivity index (χ3v) is 4.03. The summed E-state index contributed by atoms with van der Waals surface area (Å²) < 4.78 is 0. The molecule has 0 spiro atoms. The van der Waals surface area contributed by atoms with E-state index in [0.717, 1.165) is 32.5 Å². The van der Waals surface area contributed by atoms with E-state index >= 15 is 0 Å². The lowest BCUT2D eigenvalue weighted by molar-refractivity contribution is -0.137. The molecule has 1 heterocycles. The van der Waals surface area contributed by atoms with Crippen LogP contribution in [0.1, 0.15) is 50.3 Å². The van der Waals surface area contributed by atoms with Gasteiger partial charge in [0.05, 0.1) is 0 Å². The molecular formula is C17H25NO2. The zero-order valence-electron chi connectivity index (χ0n) is 12.8. The number of nitrogens with zero attached hydrogens (tertiary/aromatic N) is 1. The number of carboxylic acids is 1. The van der Waals surface area contributed by atoms with Crippen LogP contribution in [-0.4, -0.2) is 29.1 Å². The lowest BCUT2D eigenvalue weighted by atomic mass is 9.84. The summed E-state index contributed by atoms with van der Waals surface area (Å²) in [7, 11) is 0. The lowest BCUT2D eigenvalue weighted by Gasteiger charge is -2.30. The number of hydrogen-bond acceptors (Lipinski definition) is 2. The van der Waals surface area contributed by atoms with E-state index in [1.165, 1.54) is 16.7 Å². The third-order valence-electron chi connectivity index (χ3n) is 4.03. The molecule has 1 aliphatic heterocycles. The van der Waals surface area contributed by atoms with Crippen molar-refractivity contribution < 1.29 is 9.90 Å². The van der Waals surface area contributed by atoms with Crippen molar-refractivity contribution in [1.29, 1.82) is 0 Å². The molecule has 0 atom stereocenters. The predicted octanol–water partition coefficient (Wildman–Crippen LogP) is 3.21. The summed E-state index contributed by atoms with van der Waals surface area (Å²) in [6, 6.07) is 6.85. The highest BCUT2D eigenvalue weighted by Gasteiger charge is 2.20. The molecule has 2 rings (SSSR count).